The van der Waals surface area contributed by atoms with Gasteiger partial charge in [0, 0.05) is 5.56 Å². The zero-order valence-electron chi connectivity index (χ0n) is 12.5. The van der Waals surface area contributed by atoms with Crippen molar-refractivity contribution < 1.29 is 9.53 Å². The minimum absolute atomic E-state index is 0.0873. The van der Waals surface area contributed by atoms with Gasteiger partial charge >= 0.3 is 0 Å². The Morgan fingerprint density at radius 1 is 1.17 bits per heavy atom. The van der Waals surface area contributed by atoms with Gasteiger partial charge in [-0.15, -0.1) is 5.10 Å². The van der Waals surface area contributed by atoms with Crippen LogP contribution in [0.25, 0.3) is 11.8 Å². The molecule has 3 rings (SSSR count). The second-order valence-electron chi connectivity index (χ2n) is 4.78. The third-order valence-electron chi connectivity index (χ3n) is 3.29. The molecule has 23 heavy (non-hydrogen) atoms. The summed E-state index contributed by atoms with van der Waals surface area (Å²) in [5.41, 5.74) is 2.23. The summed E-state index contributed by atoms with van der Waals surface area (Å²) in [7, 11) is 1.62. The van der Waals surface area contributed by atoms with Gasteiger partial charge in [0.1, 0.15) is 12.1 Å². The van der Waals surface area contributed by atoms with E-state index in [1.807, 2.05) is 30.3 Å². The van der Waals surface area contributed by atoms with Crippen LogP contribution in [-0.2, 0) is 0 Å². The molecule has 0 saturated heterocycles. The number of rotatable bonds is 5. The number of ether oxygens (including phenoxy) is 1. The minimum atomic E-state index is -0.0873. The lowest BCUT2D eigenvalue weighted by atomic mass is 10.1. The molecule has 0 N–H and O–H groups in total. The van der Waals surface area contributed by atoms with E-state index in [1.54, 1.807) is 37.5 Å². The fraction of sp³-hybridized carbons (Fsp3) is 0.0588. The van der Waals surface area contributed by atoms with Crippen LogP contribution in [0, 0.1) is 0 Å². The highest BCUT2D eigenvalue weighted by atomic mass is 16.5. The maximum absolute atomic E-state index is 12.3. The molecule has 0 fully saturated rings. The Hall–Kier alpha value is -3.28. The van der Waals surface area contributed by atoms with E-state index in [2.05, 4.69) is 15.5 Å². The van der Waals surface area contributed by atoms with Gasteiger partial charge in [0.05, 0.1) is 12.8 Å². The number of carbonyl (C=O) groups is 1. The topological polar surface area (TPSA) is 69.9 Å². The minimum Gasteiger partial charge on any atom is -0.497 e. The molecule has 6 heteroatoms. The molecule has 0 atom stereocenters. The summed E-state index contributed by atoms with van der Waals surface area (Å²) in [4.78, 5) is 12.3. The van der Waals surface area contributed by atoms with Crippen molar-refractivity contribution >= 4 is 11.9 Å². The van der Waals surface area contributed by atoms with E-state index in [9.17, 15) is 4.79 Å². The largest absolute Gasteiger partial charge is 0.497 e. The molecule has 3 aromatic rings. The number of allylic oxidation sites excluding steroid dienone is 1. The van der Waals surface area contributed by atoms with E-state index in [-0.39, 0.29) is 5.78 Å². The number of benzene rings is 2. The molecule has 1 aromatic heterocycles. The predicted molar refractivity (Wildman–Crippen MR) is 85.5 cm³/mol. The number of methoxy groups -OCH3 is 1. The number of nitrogens with zero attached hydrogens (tertiary/aromatic N) is 4. The molecule has 0 aliphatic rings. The van der Waals surface area contributed by atoms with Crippen molar-refractivity contribution in [2.24, 2.45) is 0 Å². The van der Waals surface area contributed by atoms with E-state index in [0.717, 1.165) is 17.0 Å². The van der Waals surface area contributed by atoms with Crippen LogP contribution in [0.5, 0.6) is 5.75 Å². The summed E-state index contributed by atoms with van der Waals surface area (Å²) in [6, 6.07) is 14.6. The van der Waals surface area contributed by atoms with Gasteiger partial charge < -0.3 is 4.74 Å². The molecule has 0 aliphatic carbocycles. The van der Waals surface area contributed by atoms with Crippen molar-refractivity contribution in [2.45, 2.75) is 0 Å². The summed E-state index contributed by atoms with van der Waals surface area (Å²) in [5.74, 6) is 0.693. The van der Waals surface area contributed by atoms with Gasteiger partial charge in [-0.25, -0.2) is 4.68 Å². The lowest BCUT2D eigenvalue weighted by Crippen LogP contribution is -1.99. The zero-order valence-corrected chi connectivity index (χ0v) is 12.5. The Labute approximate surface area is 133 Å². The number of carbonyl (C=O) groups excluding carboxylic acids is 1. The van der Waals surface area contributed by atoms with Crippen LogP contribution in [-0.4, -0.2) is 33.1 Å². The smallest absolute Gasteiger partial charge is 0.185 e. The van der Waals surface area contributed by atoms with Crippen LogP contribution >= 0.6 is 0 Å². The predicted octanol–water partition coefficient (Wildman–Crippen LogP) is 2.57. The highest BCUT2D eigenvalue weighted by Gasteiger charge is 2.05. The van der Waals surface area contributed by atoms with E-state index >= 15 is 0 Å². The first kappa shape index (κ1) is 14.6. The van der Waals surface area contributed by atoms with Gasteiger partial charge in [0.15, 0.2) is 5.78 Å². The van der Waals surface area contributed by atoms with E-state index in [1.165, 1.54) is 11.0 Å². The first-order chi connectivity index (χ1) is 11.3. The Kier molecular flexibility index (Phi) is 4.24. The molecular weight excluding hydrogens is 292 g/mol. The molecule has 0 amide bonds. The first-order valence-corrected chi connectivity index (χ1v) is 6.96. The van der Waals surface area contributed by atoms with Crippen LogP contribution in [0.15, 0.2) is 60.9 Å². The molecule has 0 radical (unpaired) electrons. The first-order valence-electron chi connectivity index (χ1n) is 6.96. The summed E-state index contributed by atoms with van der Waals surface area (Å²) >= 11 is 0. The van der Waals surface area contributed by atoms with Crippen LogP contribution in [0.2, 0.25) is 0 Å². The average molecular weight is 306 g/mol. The standard InChI is InChI=1S/C17H14N4O2/c1-23-16-8-5-13(6-9-16)7-10-17(22)14-3-2-4-15(11-14)21-12-18-19-20-21/h2-12H,1H3/b10-7+. The fourth-order valence-corrected chi connectivity index (χ4v) is 2.06. The molecule has 0 aliphatic heterocycles. The van der Waals surface area contributed by atoms with Crippen molar-refractivity contribution in [3.63, 3.8) is 0 Å². The van der Waals surface area contributed by atoms with E-state index in [0.29, 0.717) is 5.56 Å². The third kappa shape index (κ3) is 3.49. The van der Waals surface area contributed by atoms with E-state index in [4.69, 9.17) is 4.74 Å². The van der Waals surface area contributed by atoms with Gasteiger partial charge in [-0.05, 0) is 46.3 Å². The summed E-state index contributed by atoms with van der Waals surface area (Å²) in [5, 5.41) is 11.0. The molecular formula is C17H14N4O2. The summed E-state index contributed by atoms with van der Waals surface area (Å²) in [6.45, 7) is 0. The number of ketones is 1. The van der Waals surface area contributed by atoms with Gasteiger partial charge in [-0.2, -0.15) is 0 Å². The van der Waals surface area contributed by atoms with Crippen molar-refractivity contribution in [2.75, 3.05) is 7.11 Å². The lowest BCUT2D eigenvalue weighted by molar-refractivity contribution is 0.104. The van der Waals surface area contributed by atoms with Crippen molar-refractivity contribution in [3.05, 3.63) is 72.1 Å². The molecule has 0 bridgehead atoms. The number of hydrogen-bond donors (Lipinski definition) is 0. The molecule has 0 spiro atoms. The monoisotopic (exact) mass is 306 g/mol. The van der Waals surface area contributed by atoms with Crippen molar-refractivity contribution in [1.82, 2.24) is 20.2 Å². The maximum Gasteiger partial charge on any atom is 0.185 e. The molecule has 0 saturated carbocycles. The normalized spacial score (nSPS) is 10.8. The molecule has 6 nitrogen and oxygen atoms in total. The Bertz CT molecular complexity index is 824. The van der Waals surface area contributed by atoms with Crippen LogP contribution in [0.1, 0.15) is 15.9 Å². The van der Waals surface area contributed by atoms with Crippen LogP contribution < -0.4 is 4.74 Å². The summed E-state index contributed by atoms with van der Waals surface area (Å²) in [6.07, 6.45) is 4.79. The number of tetrazole rings is 1. The van der Waals surface area contributed by atoms with Gasteiger partial charge in [0.2, 0.25) is 0 Å². The molecule has 0 unspecified atom stereocenters. The summed E-state index contributed by atoms with van der Waals surface area (Å²) < 4.78 is 6.61. The third-order valence-corrected chi connectivity index (χ3v) is 3.29. The molecule has 114 valence electrons. The van der Waals surface area contributed by atoms with Crippen molar-refractivity contribution in [1.29, 1.82) is 0 Å². The molecule has 1 heterocycles. The zero-order chi connectivity index (χ0) is 16.1. The molecule has 2 aromatic carbocycles. The highest BCUT2D eigenvalue weighted by molar-refractivity contribution is 6.07. The lowest BCUT2D eigenvalue weighted by Gasteiger charge is -2.02. The highest BCUT2D eigenvalue weighted by Crippen LogP contribution is 2.14. The number of hydrogen-bond acceptors (Lipinski definition) is 5. The second kappa shape index (κ2) is 6.65. The van der Waals surface area contributed by atoms with Gasteiger partial charge in [-0.3, -0.25) is 4.79 Å². The van der Waals surface area contributed by atoms with Crippen LogP contribution in [0.3, 0.4) is 0 Å². The van der Waals surface area contributed by atoms with Crippen LogP contribution in [0.4, 0.5) is 0 Å². The SMILES string of the molecule is COc1ccc(/C=C/C(=O)c2cccc(-n3cnnn3)c2)cc1. The Balaban J connectivity index is 1.77. The second-order valence-corrected chi connectivity index (χ2v) is 4.78. The van der Waals surface area contributed by atoms with Crippen molar-refractivity contribution in [3.8, 4) is 11.4 Å². The van der Waals surface area contributed by atoms with Gasteiger partial charge in [0.25, 0.3) is 0 Å². The number of aromatic nitrogens is 4. The average Bonchev–Trinajstić information content (AvgIpc) is 3.15. The Morgan fingerprint density at radius 2 is 2.00 bits per heavy atom. The Morgan fingerprint density at radius 3 is 2.70 bits per heavy atom. The van der Waals surface area contributed by atoms with E-state index < -0.39 is 0 Å². The maximum atomic E-state index is 12.3. The quantitative estimate of drug-likeness (QED) is 0.535. The van der Waals surface area contributed by atoms with Gasteiger partial charge in [-0.1, -0.05) is 30.3 Å². The fourth-order valence-electron chi connectivity index (χ4n) is 2.06.